The standard InChI is InChI=1S/C22H21N3S/c1-2-15-10-11-19(26-15)22-21-17(16-7-3-4-8-18(16)24-21)12-14-25(22)20-9-5-6-13-23-20/h3-11,13,22,24H,2,12,14H2,1H3. The number of aryl methyl sites for hydroxylation is 1. The lowest BCUT2D eigenvalue weighted by atomic mass is 9.96. The van der Waals surface area contributed by atoms with E-state index in [0.717, 1.165) is 25.2 Å². The van der Waals surface area contributed by atoms with Crippen molar-refractivity contribution >= 4 is 28.1 Å². The number of benzene rings is 1. The van der Waals surface area contributed by atoms with Crippen LogP contribution >= 0.6 is 11.3 Å². The van der Waals surface area contributed by atoms with E-state index < -0.39 is 0 Å². The lowest BCUT2D eigenvalue weighted by Crippen LogP contribution is -2.36. The molecule has 3 aromatic heterocycles. The average molecular weight is 359 g/mol. The van der Waals surface area contributed by atoms with Gasteiger partial charge in [0.15, 0.2) is 0 Å². The average Bonchev–Trinajstić information content (AvgIpc) is 3.32. The summed E-state index contributed by atoms with van der Waals surface area (Å²) in [5, 5.41) is 1.36. The van der Waals surface area contributed by atoms with Crippen molar-refractivity contribution in [3.8, 4) is 0 Å². The van der Waals surface area contributed by atoms with Crippen LogP contribution in [0.2, 0.25) is 0 Å². The number of nitrogens with one attached hydrogen (secondary N) is 1. The fraction of sp³-hybridized carbons (Fsp3) is 0.227. The van der Waals surface area contributed by atoms with Crippen molar-refractivity contribution in [1.82, 2.24) is 9.97 Å². The van der Waals surface area contributed by atoms with Crippen molar-refractivity contribution in [2.45, 2.75) is 25.8 Å². The summed E-state index contributed by atoms with van der Waals surface area (Å²) in [5.41, 5.74) is 4.02. The topological polar surface area (TPSA) is 31.9 Å². The van der Waals surface area contributed by atoms with Crippen molar-refractivity contribution < 1.29 is 0 Å². The highest BCUT2D eigenvalue weighted by Crippen LogP contribution is 2.42. The molecule has 1 aliphatic rings. The molecule has 1 aromatic carbocycles. The van der Waals surface area contributed by atoms with E-state index in [9.17, 15) is 0 Å². The first kappa shape index (κ1) is 15.6. The molecular weight excluding hydrogens is 338 g/mol. The van der Waals surface area contributed by atoms with Crippen LogP contribution < -0.4 is 4.90 Å². The number of hydrogen-bond acceptors (Lipinski definition) is 3. The highest BCUT2D eigenvalue weighted by molar-refractivity contribution is 7.12. The molecule has 0 saturated heterocycles. The van der Waals surface area contributed by atoms with E-state index in [1.807, 2.05) is 23.6 Å². The minimum atomic E-state index is 0.200. The molecule has 4 heterocycles. The van der Waals surface area contributed by atoms with Crippen molar-refractivity contribution in [1.29, 1.82) is 0 Å². The highest BCUT2D eigenvalue weighted by atomic mass is 32.1. The van der Waals surface area contributed by atoms with Crippen molar-refractivity contribution in [3.05, 3.63) is 81.8 Å². The molecule has 1 unspecified atom stereocenters. The number of hydrogen-bond donors (Lipinski definition) is 1. The third-order valence-corrected chi connectivity index (χ3v) is 6.56. The molecular formula is C22H21N3S. The molecule has 0 saturated carbocycles. The Hall–Kier alpha value is -2.59. The number of anilines is 1. The zero-order valence-corrected chi connectivity index (χ0v) is 15.6. The lowest BCUT2D eigenvalue weighted by molar-refractivity contribution is 0.643. The first-order chi connectivity index (χ1) is 12.8. The molecule has 1 aliphatic heterocycles. The van der Waals surface area contributed by atoms with Gasteiger partial charge in [0, 0.05) is 39.1 Å². The van der Waals surface area contributed by atoms with E-state index >= 15 is 0 Å². The molecule has 4 aromatic rings. The van der Waals surface area contributed by atoms with Gasteiger partial charge in [-0.15, -0.1) is 11.3 Å². The van der Waals surface area contributed by atoms with Crippen molar-refractivity contribution in [3.63, 3.8) is 0 Å². The van der Waals surface area contributed by atoms with Gasteiger partial charge in [0.2, 0.25) is 0 Å². The van der Waals surface area contributed by atoms with E-state index in [2.05, 4.69) is 70.3 Å². The molecule has 0 aliphatic carbocycles. The highest BCUT2D eigenvalue weighted by Gasteiger charge is 2.33. The maximum absolute atomic E-state index is 4.65. The van der Waals surface area contributed by atoms with E-state index in [0.29, 0.717) is 0 Å². The first-order valence-corrected chi connectivity index (χ1v) is 10.0. The zero-order chi connectivity index (χ0) is 17.5. The summed E-state index contributed by atoms with van der Waals surface area (Å²) in [6.45, 7) is 3.21. The summed E-state index contributed by atoms with van der Waals surface area (Å²) in [4.78, 5) is 13.6. The van der Waals surface area contributed by atoms with E-state index in [4.69, 9.17) is 0 Å². The predicted molar refractivity (Wildman–Crippen MR) is 109 cm³/mol. The minimum Gasteiger partial charge on any atom is -0.356 e. The van der Waals surface area contributed by atoms with Crippen LogP contribution in [0.25, 0.3) is 10.9 Å². The molecule has 0 bridgehead atoms. The second-order valence-corrected chi connectivity index (χ2v) is 7.95. The van der Waals surface area contributed by atoms with E-state index in [1.165, 1.54) is 31.9 Å². The monoisotopic (exact) mass is 359 g/mol. The minimum absolute atomic E-state index is 0.200. The Morgan fingerprint density at radius 1 is 1.12 bits per heavy atom. The fourth-order valence-electron chi connectivity index (χ4n) is 4.04. The molecule has 5 rings (SSSR count). The zero-order valence-electron chi connectivity index (χ0n) is 14.8. The second-order valence-electron chi connectivity index (χ2n) is 6.75. The Labute approximate surface area is 157 Å². The maximum Gasteiger partial charge on any atom is 0.129 e. The van der Waals surface area contributed by atoms with Crippen LogP contribution in [0.4, 0.5) is 5.82 Å². The number of aromatic nitrogens is 2. The van der Waals surface area contributed by atoms with E-state index in [1.54, 1.807) is 0 Å². The molecule has 0 spiro atoms. The Morgan fingerprint density at radius 2 is 2.00 bits per heavy atom. The van der Waals surface area contributed by atoms with E-state index in [-0.39, 0.29) is 6.04 Å². The lowest BCUT2D eigenvalue weighted by Gasteiger charge is -2.36. The SMILES string of the molecule is CCc1ccc(C2c3[nH]c4ccccc4c3CCN2c2ccccn2)s1. The molecule has 3 nitrogen and oxygen atoms in total. The fourth-order valence-corrected chi connectivity index (χ4v) is 5.11. The summed E-state index contributed by atoms with van der Waals surface area (Å²) < 4.78 is 0. The third kappa shape index (κ3) is 2.44. The number of H-pyrrole nitrogens is 1. The van der Waals surface area contributed by atoms with Crippen LogP contribution in [0.1, 0.15) is 34.0 Å². The normalized spacial score (nSPS) is 16.8. The number of para-hydroxylation sites is 1. The smallest absolute Gasteiger partial charge is 0.129 e. The van der Waals surface area contributed by atoms with Crippen LogP contribution in [0.15, 0.2) is 60.8 Å². The summed E-state index contributed by atoms with van der Waals surface area (Å²) in [5.74, 6) is 1.05. The van der Waals surface area contributed by atoms with Crippen LogP contribution in [0.3, 0.4) is 0 Å². The number of fused-ring (bicyclic) bond motifs is 3. The maximum atomic E-state index is 4.65. The quantitative estimate of drug-likeness (QED) is 0.535. The van der Waals surface area contributed by atoms with Crippen molar-refractivity contribution in [2.75, 3.05) is 11.4 Å². The number of nitrogens with zero attached hydrogens (tertiary/aromatic N) is 2. The Bertz CT molecular complexity index is 1050. The molecule has 1 atom stereocenters. The summed E-state index contributed by atoms with van der Waals surface area (Å²) in [6.07, 6.45) is 4.01. The summed E-state index contributed by atoms with van der Waals surface area (Å²) in [7, 11) is 0. The Kier molecular flexibility index (Phi) is 3.79. The molecule has 0 amide bonds. The van der Waals surface area contributed by atoms with Gasteiger partial charge in [-0.25, -0.2) is 4.98 Å². The number of thiophene rings is 1. The van der Waals surface area contributed by atoms with Gasteiger partial charge < -0.3 is 9.88 Å². The van der Waals surface area contributed by atoms with Gasteiger partial charge in [0.1, 0.15) is 11.9 Å². The number of aromatic amines is 1. The van der Waals surface area contributed by atoms with Gasteiger partial charge in [-0.3, -0.25) is 0 Å². The molecule has 130 valence electrons. The Morgan fingerprint density at radius 3 is 2.81 bits per heavy atom. The predicted octanol–water partition coefficient (Wildman–Crippen LogP) is 5.34. The van der Waals surface area contributed by atoms with Crippen LogP contribution in [-0.2, 0) is 12.8 Å². The van der Waals surface area contributed by atoms with Gasteiger partial charge in [-0.1, -0.05) is 31.2 Å². The first-order valence-electron chi connectivity index (χ1n) is 9.21. The van der Waals surface area contributed by atoms with Crippen LogP contribution in [0, 0.1) is 0 Å². The number of pyridine rings is 1. The number of rotatable bonds is 3. The van der Waals surface area contributed by atoms with Crippen LogP contribution in [0.5, 0.6) is 0 Å². The van der Waals surface area contributed by atoms with Crippen molar-refractivity contribution in [2.24, 2.45) is 0 Å². The third-order valence-electron chi connectivity index (χ3n) is 5.28. The van der Waals surface area contributed by atoms with Gasteiger partial charge in [0.05, 0.1) is 0 Å². The van der Waals surface area contributed by atoms with Gasteiger partial charge >= 0.3 is 0 Å². The van der Waals surface area contributed by atoms with Gasteiger partial charge in [-0.2, -0.15) is 0 Å². The molecule has 26 heavy (non-hydrogen) atoms. The molecule has 1 N–H and O–H groups in total. The molecule has 0 fully saturated rings. The summed E-state index contributed by atoms with van der Waals surface area (Å²) >= 11 is 1.92. The second kappa shape index (κ2) is 6.29. The van der Waals surface area contributed by atoms with Gasteiger partial charge in [-0.05, 0) is 48.7 Å². The molecule has 4 heteroatoms. The Balaban J connectivity index is 1.70. The summed E-state index contributed by atoms with van der Waals surface area (Å²) in [6, 6.07) is 19.6. The molecule has 0 radical (unpaired) electrons. The van der Waals surface area contributed by atoms with Crippen LogP contribution in [-0.4, -0.2) is 16.5 Å². The largest absolute Gasteiger partial charge is 0.356 e. The van der Waals surface area contributed by atoms with Gasteiger partial charge in [0.25, 0.3) is 0 Å².